The number of hydrogen-bond acceptors (Lipinski definition) is 3. The molecule has 1 saturated carbocycles. The minimum absolute atomic E-state index is 0.484. The molecule has 2 rings (SSSR count). The molecule has 0 heterocycles. The molecule has 1 amide bonds. The molecule has 98 valence electrons. The number of benzene rings is 1. The Kier molecular flexibility index (Phi) is 4.09. The normalized spacial score (nSPS) is 16.3. The molecular weight excluding hydrogens is 252 g/mol. The summed E-state index contributed by atoms with van der Waals surface area (Å²) < 4.78 is 5.37. The first-order valence-electron chi connectivity index (χ1n) is 6.04. The largest absolute Gasteiger partial charge is 0.479 e. The van der Waals surface area contributed by atoms with Crippen LogP contribution in [0.2, 0.25) is 5.02 Å². The van der Waals surface area contributed by atoms with Crippen molar-refractivity contribution in [1.82, 2.24) is 5.32 Å². The average molecular weight is 269 g/mol. The topological polar surface area (TPSA) is 64.3 Å². The Morgan fingerprint density at radius 2 is 2.33 bits per heavy atom. The Morgan fingerprint density at radius 3 is 2.89 bits per heavy atom. The maximum absolute atomic E-state index is 10.9. The van der Waals surface area contributed by atoms with Gasteiger partial charge in [0.25, 0.3) is 5.91 Å². The molecule has 1 aliphatic carbocycles. The van der Waals surface area contributed by atoms with Crippen LogP contribution in [-0.4, -0.2) is 18.1 Å². The molecule has 1 fully saturated rings. The first-order chi connectivity index (χ1) is 8.56. The summed E-state index contributed by atoms with van der Waals surface area (Å²) >= 11 is 6.10. The van der Waals surface area contributed by atoms with E-state index < -0.39 is 12.0 Å². The number of primary amides is 1. The Hall–Kier alpha value is -1.26. The van der Waals surface area contributed by atoms with E-state index in [0.717, 1.165) is 12.1 Å². The van der Waals surface area contributed by atoms with Gasteiger partial charge in [-0.3, -0.25) is 4.79 Å². The second-order valence-corrected chi connectivity index (χ2v) is 4.99. The van der Waals surface area contributed by atoms with Crippen molar-refractivity contribution in [3.8, 4) is 5.75 Å². The van der Waals surface area contributed by atoms with E-state index in [9.17, 15) is 4.79 Å². The third-order valence-corrected chi connectivity index (χ3v) is 3.17. The summed E-state index contributed by atoms with van der Waals surface area (Å²) in [6, 6.07) is 6.21. The summed E-state index contributed by atoms with van der Waals surface area (Å²) in [5, 5.41) is 3.90. The summed E-state index contributed by atoms with van der Waals surface area (Å²) in [6.07, 6.45) is 1.83. The number of rotatable bonds is 6. The van der Waals surface area contributed by atoms with Gasteiger partial charge in [0.1, 0.15) is 5.75 Å². The molecule has 0 aromatic heterocycles. The van der Waals surface area contributed by atoms with Crippen LogP contribution in [0, 0.1) is 0 Å². The number of nitrogens with two attached hydrogens (primary N) is 1. The Labute approximate surface area is 111 Å². The number of amides is 1. The van der Waals surface area contributed by atoms with Crippen LogP contribution in [0.25, 0.3) is 0 Å². The van der Waals surface area contributed by atoms with Crippen LogP contribution < -0.4 is 15.8 Å². The lowest BCUT2D eigenvalue weighted by atomic mass is 10.2. The average Bonchev–Trinajstić information content (AvgIpc) is 3.13. The highest BCUT2D eigenvalue weighted by molar-refractivity contribution is 6.32. The lowest BCUT2D eigenvalue weighted by Gasteiger charge is -2.13. The second kappa shape index (κ2) is 5.59. The lowest BCUT2D eigenvalue weighted by molar-refractivity contribution is -0.123. The molecule has 4 nitrogen and oxygen atoms in total. The molecule has 0 spiro atoms. The summed E-state index contributed by atoms with van der Waals surface area (Å²) in [4.78, 5) is 10.9. The fourth-order valence-corrected chi connectivity index (χ4v) is 1.80. The summed E-state index contributed by atoms with van der Waals surface area (Å²) in [7, 11) is 0. The van der Waals surface area contributed by atoms with Crippen molar-refractivity contribution in [2.24, 2.45) is 5.73 Å². The van der Waals surface area contributed by atoms with Gasteiger partial charge in [-0.15, -0.1) is 0 Å². The lowest BCUT2D eigenvalue weighted by Crippen LogP contribution is -2.30. The van der Waals surface area contributed by atoms with Gasteiger partial charge in [0.05, 0.1) is 5.02 Å². The van der Waals surface area contributed by atoms with E-state index >= 15 is 0 Å². The molecule has 18 heavy (non-hydrogen) atoms. The van der Waals surface area contributed by atoms with Gasteiger partial charge in [-0.1, -0.05) is 17.7 Å². The van der Waals surface area contributed by atoms with E-state index in [0.29, 0.717) is 16.8 Å². The first kappa shape index (κ1) is 13.2. The molecule has 0 bridgehead atoms. The number of ether oxygens (including phenoxy) is 1. The van der Waals surface area contributed by atoms with E-state index in [-0.39, 0.29) is 0 Å². The van der Waals surface area contributed by atoms with Crippen LogP contribution >= 0.6 is 11.6 Å². The highest BCUT2D eigenvalue weighted by Crippen LogP contribution is 2.27. The van der Waals surface area contributed by atoms with Crippen molar-refractivity contribution in [3.05, 3.63) is 28.8 Å². The number of halogens is 1. The fraction of sp³-hybridized carbons (Fsp3) is 0.462. The molecule has 0 saturated heterocycles. The molecule has 1 aromatic rings. The minimum atomic E-state index is -0.682. The predicted molar refractivity (Wildman–Crippen MR) is 70.6 cm³/mol. The number of carbonyl (C=O) groups is 1. The van der Waals surface area contributed by atoms with Crippen molar-refractivity contribution in [2.75, 3.05) is 0 Å². The molecule has 3 N–H and O–H groups in total. The summed E-state index contributed by atoms with van der Waals surface area (Å²) in [5.74, 6) is -0.0244. The molecule has 1 aliphatic rings. The molecule has 1 unspecified atom stereocenters. The molecule has 1 aromatic carbocycles. The highest BCUT2D eigenvalue weighted by Gasteiger charge is 2.20. The first-order valence-corrected chi connectivity index (χ1v) is 6.42. The van der Waals surface area contributed by atoms with Crippen LogP contribution in [0.4, 0.5) is 0 Å². The monoisotopic (exact) mass is 268 g/mol. The Balaban J connectivity index is 1.97. The van der Waals surface area contributed by atoms with Gasteiger partial charge in [-0.2, -0.15) is 0 Å². The maximum atomic E-state index is 10.9. The fourth-order valence-electron chi connectivity index (χ4n) is 1.55. The predicted octanol–water partition coefficient (Wildman–Crippen LogP) is 1.84. The molecule has 5 heteroatoms. The standard InChI is InChI=1S/C13H17ClN2O2/c1-8(13(15)17)18-12-5-2-9(6-11(12)14)7-16-10-3-4-10/h2,5-6,8,10,16H,3-4,7H2,1H3,(H2,15,17). The van der Waals surface area contributed by atoms with Gasteiger partial charge in [0.2, 0.25) is 0 Å². The van der Waals surface area contributed by atoms with Crippen LogP contribution in [0.3, 0.4) is 0 Å². The Bertz CT molecular complexity index is 447. The quantitative estimate of drug-likeness (QED) is 0.828. The van der Waals surface area contributed by atoms with Gasteiger partial charge >= 0.3 is 0 Å². The van der Waals surface area contributed by atoms with Crippen molar-refractivity contribution in [2.45, 2.75) is 38.5 Å². The zero-order chi connectivity index (χ0) is 13.1. The van der Waals surface area contributed by atoms with Gasteiger partial charge in [0, 0.05) is 12.6 Å². The maximum Gasteiger partial charge on any atom is 0.258 e. The number of hydrogen-bond donors (Lipinski definition) is 2. The van der Waals surface area contributed by atoms with Crippen molar-refractivity contribution in [3.63, 3.8) is 0 Å². The van der Waals surface area contributed by atoms with Crippen molar-refractivity contribution < 1.29 is 9.53 Å². The van der Waals surface area contributed by atoms with Crippen LogP contribution in [0.5, 0.6) is 5.75 Å². The van der Waals surface area contributed by atoms with E-state index in [1.807, 2.05) is 12.1 Å². The van der Waals surface area contributed by atoms with Gasteiger partial charge in [-0.25, -0.2) is 0 Å². The minimum Gasteiger partial charge on any atom is -0.479 e. The molecular formula is C13H17ClN2O2. The second-order valence-electron chi connectivity index (χ2n) is 4.58. The van der Waals surface area contributed by atoms with Gasteiger partial charge < -0.3 is 15.8 Å². The number of nitrogens with one attached hydrogen (secondary N) is 1. The highest BCUT2D eigenvalue weighted by atomic mass is 35.5. The summed E-state index contributed by atoms with van der Waals surface area (Å²) in [5.41, 5.74) is 6.24. The number of carbonyl (C=O) groups excluding carboxylic acids is 1. The van der Waals surface area contributed by atoms with E-state index in [2.05, 4.69) is 5.32 Å². The molecule has 1 atom stereocenters. The van der Waals surface area contributed by atoms with Gasteiger partial charge in [-0.05, 0) is 37.5 Å². The molecule has 0 radical (unpaired) electrons. The van der Waals surface area contributed by atoms with Crippen LogP contribution in [-0.2, 0) is 11.3 Å². The van der Waals surface area contributed by atoms with Crippen molar-refractivity contribution in [1.29, 1.82) is 0 Å². The third-order valence-electron chi connectivity index (χ3n) is 2.87. The summed E-state index contributed by atoms with van der Waals surface area (Å²) in [6.45, 7) is 2.40. The van der Waals surface area contributed by atoms with E-state index in [4.69, 9.17) is 22.1 Å². The van der Waals surface area contributed by atoms with Crippen LogP contribution in [0.15, 0.2) is 18.2 Å². The van der Waals surface area contributed by atoms with Gasteiger partial charge in [0.15, 0.2) is 6.10 Å². The zero-order valence-corrected chi connectivity index (χ0v) is 11.0. The zero-order valence-electron chi connectivity index (χ0n) is 10.3. The van der Waals surface area contributed by atoms with E-state index in [1.165, 1.54) is 12.8 Å². The van der Waals surface area contributed by atoms with Crippen molar-refractivity contribution >= 4 is 17.5 Å². The van der Waals surface area contributed by atoms with Crippen LogP contribution in [0.1, 0.15) is 25.3 Å². The SMILES string of the molecule is CC(Oc1ccc(CNC2CC2)cc1Cl)C(N)=O. The van der Waals surface area contributed by atoms with E-state index in [1.54, 1.807) is 13.0 Å². The third kappa shape index (κ3) is 3.62. The Morgan fingerprint density at radius 1 is 1.61 bits per heavy atom. The molecule has 0 aliphatic heterocycles. The smallest absolute Gasteiger partial charge is 0.258 e.